The lowest BCUT2D eigenvalue weighted by Gasteiger charge is -1.92. The minimum absolute atomic E-state index is 0.0197. The van der Waals surface area contributed by atoms with Crippen molar-refractivity contribution in [1.82, 2.24) is 0 Å². The Morgan fingerprint density at radius 2 is 2.38 bits per heavy atom. The second kappa shape index (κ2) is 2.87. The van der Waals surface area contributed by atoms with E-state index in [0.29, 0.717) is 4.48 Å². The molecule has 0 saturated heterocycles. The maximum absolute atomic E-state index is 12.4. The van der Waals surface area contributed by atoms with Crippen molar-refractivity contribution in [3.05, 3.63) is 20.5 Å². The number of halogens is 3. The van der Waals surface area contributed by atoms with E-state index >= 15 is 0 Å². The van der Waals surface area contributed by atoms with Crippen molar-refractivity contribution < 1.29 is 4.39 Å². The molecule has 0 N–H and O–H groups in total. The van der Waals surface area contributed by atoms with Crippen LogP contribution in [0, 0.1) is 0 Å². The van der Waals surface area contributed by atoms with Gasteiger partial charge in [-0.15, -0.1) is 0 Å². The Kier molecular flexibility index (Phi) is 2.37. The van der Waals surface area contributed by atoms with Crippen molar-refractivity contribution in [2.24, 2.45) is 0 Å². The standard InChI is InChI=1S/C5H3BrFI/c6-4-2-1-3-8-5(4)7/h1-3H. The molecule has 0 spiro atoms. The molecule has 0 saturated carbocycles. The fraction of sp³-hybridized carbons (Fsp3) is 0. The van der Waals surface area contributed by atoms with Gasteiger partial charge in [-0.25, -0.2) is 0 Å². The molecule has 1 heterocycles. The highest BCUT2D eigenvalue weighted by atomic mass is 127. The first-order chi connectivity index (χ1) is 3.80. The minimum Gasteiger partial charge on any atom is -0.199 e. The van der Waals surface area contributed by atoms with E-state index in [2.05, 4.69) is 15.9 Å². The highest BCUT2D eigenvalue weighted by molar-refractivity contribution is 14.2. The van der Waals surface area contributed by atoms with E-state index in [1.54, 1.807) is 6.08 Å². The molecule has 1 aliphatic heterocycles. The zero-order chi connectivity index (χ0) is 5.98. The molecule has 1 rings (SSSR count). The summed E-state index contributed by atoms with van der Waals surface area (Å²) in [5.74, 6) is 0. The van der Waals surface area contributed by atoms with Crippen LogP contribution in [0.4, 0.5) is 4.39 Å². The van der Waals surface area contributed by atoms with Crippen molar-refractivity contribution in [2.45, 2.75) is 0 Å². The smallest absolute Gasteiger partial charge is 0.169 e. The van der Waals surface area contributed by atoms with E-state index in [1.165, 1.54) is 0 Å². The quantitative estimate of drug-likeness (QED) is 0.601. The predicted molar refractivity (Wildman–Crippen MR) is 46.3 cm³/mol. The first-order valence-electron chi connectivity index (χ1n) is 1.99. The summed E-state index contributed by atoms with van der Waals surface area (Å²) in [6.45, 7) is 0. The van der Waals surface area contributed by atoms with E-state index in [4.69, 9.17) is 0 Å². The maximum atomic E-state index is 12.4. The predicted octanol–water partition coefficient (Wildman–Crippen LogP) is 2.86. The molecule has 0 amide bonds. The Hall–Kier alpha value is 0.490. The Morgan fingerprint density at radius 3 is 2.75 bits per heavy atom. The minimum atomic E-state index is -0.434. The second-order valence-electron chi connectivity index (χ2n) is 1.20. The molecule has 0 fully saturated rings. The molecule has 0 aromatic rings. The summed E-state index contributed by atoms with van der Waals surface area (Å²) in [7, 11) is 0. The van der Waals surface area contributed by atoms with Crippen LogP contribution in [0.2, 0.25) is 0 Å². The molecule has 1 aliphatic rings. The summed E-state index contributed by atoms with van der Waals surface area (Å²) >= 11 is 2.64. The average Bonchev–Trinajstić information content (AvgIpc) is 1.77. The van der Waals surface area contributed by atoms with Crippen LogP contribution in [0.1, 0.15) is 0 Å². The lowest BCUT2D eigenvalue weighted by molar-refractivity contribution is 0.710. The van der Waals surface area contributed by atoms with Crippen molar-refractivity contribution in [2.75, 3.05) is 0 Å². The van der Waals surface area contributed by atoms with Gasteiger partial charge in [0.15, 0.2) is 3.83 Å². The molecule has 0 unspecified atom stereocenters. The van der Waals surface area contributed by atoms with Gasteiger partial charge in [-0.2, -0.15) is 4.39 Å². The fourth-order valence-electron chi connectivity index (χ4n) is 0.328. The molecule has 0 aromatic carbocycles. The van der Waals surface area contributed by atoms with Crippen LogP contribution >= 0.6 is 36.7 Å². The van der Waals surface area contributed by atoms with Crippen LogP contribution < -0.4 is 0 Å². The zero-order valence-corrected chi connectivity index (χ0v) is 7.61. The molecule has 0 aromatic heterocycles. The topological polar surface area (TPSA) is 0 Å². The van der Waals surface area contributed by atoms with E-state index < -0.39 is 20.7 Å². The van der Waals surface area contributed by atoms with Gasteiger partial charge in [0, 0.05) is 0 Å². The monoisotopic (exact) mass is 288 g/mol. The maximum Gasteiger partial charge on any atom is 0.169 e. The van der Waals surface area contributed by atoms with Crippen LogP contribution in [-0.2, 0) is 0 Å². The van der Waals surface area contributed by atoms with Crippen LogP contribution in [0.15, 0.2) is 20.5 Å². The Balaban J connectivity index is 2.97. The summed E-state index contributed by atoms with van der Waals surface area (Å²) in [5, 5.41) is 0. The van der Waals surface area contributed by atoms with Crippen molar-refractivity contribution in [1.29, 1.82) is 0 Å². The molecule has 0 nitrogen and oxygen atoms in total. The van der Waals surface area contributed by atoms with Gasteiger partial charge in [0.1, 0.15) is 0 Å². The molecule has 0 radical (unpaired) electrons. The molecule has 8 heavy (non-hydrogen) atoms. The summed E-state index contributed by atoms with van der Waals surface area (Å²) < 4.78 is 14.9. The SMILES string of the molecule is FC1=C(Br)C=CC=I1. The Labute approximate surface area is 65.3 Å². The summed E-state index contributed by atoms with van der Waals surface area (Å²) in [5.41, 5.74) is 0. The van der Waals surface area contributed by atoms with Crippen LogP contribution in [0.5, 0.6) is 0 Å². The first-order valence-corrected chi connectivity index (χ1v) is 5.11. The van der Waals surface area contributed by atoms with Gasteiger partial charge in [0.2, 0.25) is 0 Å². The van der Waals surface area contributed by atoms with E-state index in [0.717, 1.165) is 0 Å². The molecule has 44 valence electrons. The van der Waals surface area contributed by atoms with Gasteiger partial charge in [-0.1, -0.05) is 26.8 Å². The highest BCUT2D eigenvalue weighted by Crippen LogP contribution is 2.27. The zero-order valence-electron chi connectivity index (χ0n) is 3.87. The van der Waals surface area contributed by atoms with Crippen molar-refractivity contribution in [3.8, 4) is 0 Å². The molecular formula is C5H3BrFI. The van der Waals surface area contributed by atoms with Crippen LogP contribution in [-0.4, -0.2) is 4.01 Å². The lowest BCUT2D eigenvalue weighted by atomic mass is 10.5. The molecule has 3 heteroatoms. The van der Waals surface area contributed by atoms with Gasteiger partial charge in [-0.3, -0.25) is 0 Å². The highest BCUT2D eigenvalue weighted by Gasteiger charge is 1.97. The van der Waals surface area contributed by atoms with Gasteiger partial charge in [0.05, 0.1) is 4.48 Å². The molecule has 0 bridgehead atoms. The van der Waals surface area contributed by atoms with E-state index in [-0.39, 0.29) is 3.83 Å². The Morgan fingerprint density at radius 1 is 1.62 bits per heavy atom. The van der Waals surface area contributed by atoms with E-state index in [1.807, 2.05) is 10.1 Å². The van der Waals surface area contributed by atoms with Gasteiger partial charge in [-0.05, 0) is 26.0 Å². The molecule has 0 atom stereocenters. The van der Waals surface area contributed by atoms with Gasteiger partial charge >= 0.3 is 0 Å². The summed E-state index contributed by atoms with van der Waals surface area (Å²) in [6, 6.07) is 0. The van der Waals surface area contributed by atoms with Crippen LogP contribution in [0.3, 0.4) is 0 Å². The largest absolute Gasteiger partial charge is 0.199 e. The van der Waals surface area contributed by atoms with Crippen LogP contribution in [0.25, 0.3) is 0 Å². The van der Waals surface area contributed by atoms with E-state index in [9.17, 15) is 4.39 Å². The first kappa shape index (κ1) is 6.61. The summed E-state index contributed by atoms with van der Waals surface area (Å²) in [6.07, 6.45) is 3.60. The number of hydrogen-bond donors (Lipinski definition) is 0. The number of hydrogen-bond acceptors (Lipinski definition) is 0. The molecule has 0 aliphatic carbocycles. The summed E-state index contributed by atoms with van der Waals surface area (Å²) in [4.78, 5) is 0. The fourth-order valence-corrected chi connectivity index (χ4v) is 2.27. The van der Waals surface area contributed by atoms with Gasteiger partial charge < -0.3 is 0 Å². The third kappa shape index (κ3) is 1.48. The number of allylic oxidation sites excluding steroid dienone is 3. The van der Waals surface area contributed by atoms with Crippen molar-refractivity contribution in [3.63, 3.8) is 0 Å². The molecular weight excluding hydrogens is 286 g/mol. The normalized spacial score (nSPS) is 18.8. The Bertz CT molecular complexity index is 161. The average molecular weight is 289 g/mol. The second-order valence-corrected chi connectivity index (χ2v) is 4.35. The van der Waals surface area contributed by atoms with Gasteiger partial charge in [0.25, 0.3) is 0 Å². The third-order valence-electron chi connectivity index (χ3n) is 0.655. The number of rotatable bonds is 0. The third-order valence-corrected chi connectivity index (χ3v) is 3.91. The lowest BCUT2D eigenvalue weighted by Crippen LogP contribution is -1.71. The van der Waals surface area contributed by atoms with Crippen molar-refractivity contribution >= 4 is 40.7 Å².